The van der Waals surface area contributed by atoms with Crippen LogP contribution in [0, 0.1) is 6.92 Å². The van der Waals surface area contributed by atoms with E-state index in [0.717, 1.165) is 17.0 Å². The Hall–Kier alpha value is -2.66. The lowest BCUT2D eigenvalue weighted by Gasteiger charge is -2.38. The summed E-state index contributed by atoms with van der Waals surface area (Å²) in [5, 5.41) is 13.3. The minimum absolute atomic E-state index is 0.167. The van der Waals surface area contributed by atoms with Crippen LogP contribution >= 0.6 is 34.5 Å². The first kappa shape index (κ1) is 23.5. The number of carbonyl (C=O) groups is 2. The van der Waals surface area contributed by atoms with Crippen molar-refractivity contribution in [1.29, 1.82) is 0 Å². The summed E-state index contributed by atoms with van der Waals surface area (Å²) in [6.07, 6.45) is 3.20. The predicted molar refractivity (Wildman–Crippen MR) is 126 cm³/mol. The average molecular weight is 510 g/mol. The monoisotopic (exact) mass is 509 g/mol. The molecule has 0 bridgehead atoms. The molecule has 0 unspecified atom stereocenters. The number of hydrogen-bond acceptors (Lipinski definition) is 7. The van der Waals surface area contributed by atoms with Crippen molar-refractivity contribution in [1.82, 2.24) is 20.3 Å². The van der Waals surface area contributed by atoms with Crippen LogP contribution in [-0.4, -0.2) is 57.2 Å². The quantitative estimate of drug-likeness (QED) is 0.443. The van der Waals surface area contributed by atoms with Crippen LogP contribution in [-0.2, 0) is 11.3 Å². The van der Waals surface area contributed by atoms with Crippen molar-refractivity contribution in [3.8, 4) is 0 Å². The largest absolute Gasteiger partial charge is 0.477 e. The zero-order chi connectivity index (χ0) is 23.5. The van der Waals surface area contributed by atoms with Crippen molar-refractivity contribution >= 4 is 51.5 Å². The Balaban J connectivity index is 1.50. The van der Waals surface area contributed by atoms with Gasteiger partial charge >= 0.3 is 5.97 Å². The summed E-state index contributed by atoms with van der Waals surface area (Å²) in [7, 11) is 0. The third-order valence-corrected chi connectivity index (χ3v) is 7.30. The zero-order valence-corrected chi connectivity index (χ0v) is 19.9. The fourth-order valence-corrected chi connectivity index (χ4v) is 4.79. The Kier molecular flexibility index (Phi) is 7.18. The van der Waals surface area contributed by atoms with Crippen LogP contribution in [0.5, 0.6) is 0 Å². The molecular weight excluding hydrogens is 489 g/mol. The van der Waals surface area contributed by atoms with Gasteiger partial charge in [0.2, 0.25) is 0 Å². The van der Waals surface area contributed by atoms with E-state index in [0.29, 0.717) is 35.4 Å². The van der Waals surface area contributed by atoms with Gasteiger partial charge in [-0.2, -0.15) is 0 Å². The number of nitrogens with one attached hydrogen (secondary N) is 2. The van der Waals surface area contributed by atoms with Gasteiger partial charge in [0.05, 0.1) is 40.7 Å². The lowest BCUT2D eigenvalue weighted by atomic mass is 10.0. The molecule has 12 heteroatoms. The lowest BCUT2D eigenvalue weighted by molar-refractivity contribution is 0.00825. The summed E-state index contributed by atoms with van der Waals surface area (Å²) in [4.78, 5) is 37.7. The highest BCUT2D eigenvalue weighted by atomic mass is 35.5. The molecule has 0 aliphatic carbocycles. The van der Waals surface area contributed by atoms with E-state index < -0.39 is 12.1 Å². The first-order valence-corrected chi connectivity index (χ1v) is 11.7. The summed E-state index contributed by atoms with van der Waals surface area (Å²) in [6, 6.07) is 5.25. The number of carboxylic acids is 1. The number of aryl methyl sites for hydroxylation is 1. The summed E-state index contributed by atoms with van der Waals surface area (Å²) in [5.74, 6) is -1.39. The molecule has 1 aliphatic heterocycles. The molecule has 4 rings (SSSR count). The highest BCUT2D eigenvalue weighted by Gasteiger charge is 2.34. The first-order valence-electron chi connectivity index (χ1n) is 10.1. The van der Waals surface area contributed by atoms with E-state index in [1.165, 1.54) is 6.20 Å². The molecule has 2 atom stereocenters. The molecule has 1 aliphatic rings. The van der Waals surface area contributed by atoms with E-state index in [1.54, 1.807) is 13.1 Å². The van der Waals surface area contributed by atoms with Gasteiger partial charge in [-0.3, -0.25) is 9.78 Å². The van der Waals surface area contributed by atoms with Crippen LogP contribution in [0.25, 0.3) is 0 Å². The number of hydrogen-bond donors (Lipinski definition) is 3. The number of H-pyrrole nitrogens is 1. The van der Waals surface area contributed by atoms with E-state index in [-0.39, 0.29) is 34.1 Å². The van der Waals surface area contributed by atoms with E-state index in [4.69, 9.17) is 27.9 Å². The van der Waals surface area contributed by atoms with Crippen LogP contribution in [0.3, 0.4) is 0 Å². The molecule has 3 aromatic heterocycles. The summed E-state index contributed by atoms with van der Waals surface area (Å²) >= 11 is 13.4. The number of piperidine rings is 1. The van der Waals surface area contributed by atoms with Gasteiger partial charge in [0.1, 0.15) is 10.6 Å². The van der Waals surface area contributed by atoms with Gasteiger partial charge in [-0.15, -0.1) is 0 Å². The molecule has 33 heavy (non-hydrogen) atoms. The molecule has 1 saturated heterocycles. The number of amides is 1. The van der Waals surface area contributed by atoms with Crippen LogP contribution in [0.1, 0.15) is 38.0 Å². The van der Waals surface area contributed by atoms with Gasteiger partial charge in [-0.25, -0.2) is 9.78 Å². The molecular formula is C21H21Cl2N5O4S. The third kappa shape index (κ3) is 5.30. The second-order valence-electron chi connectivity index (χ2n) is 7.55. The molecule has 4 heterocycles. The Morgan fingerprint density at radius 1 is 1.33 bits per heavy atom. The molecule has 9 nitrogen and oxygen atoms in total. The van der Waals surface area contributed by atoms with E-state index >= 15 is 0 Å². The number of ether oxygens (including phenoxy) is 1. The highest BCUT2D eigenvalue weighted by molar-refractivity contribution is 7.17. The van der Waals surface area contributed by atoms with Gasteiger partial charge in [0.25, 0.3) is 5.91 Å². The van der Waals surface area contributed by atoms with Gasteiger partial charge in [-0.05, 0) is 25.5 Å². The number of halogens is 2. The SMILES string of the molecule is Cc1[nH]c(C(=O)N[C@@H]2CCN(c3ncc(C(=O)O)s3)C[C@H]2OCc2ccccn2)c(Cl)c1Cl. The number of carbonyl (C=O) groups excluding carboxylic acids is 1. The number of rotatable bonds is 7. The molecule has 1 amide bonds. The number of aromatic amines is 1. The number of nitrogens with zero attached hydrogens (tertiary/aromatic N) is 3. The summed E-state index contributed by atoms with van der Waals surface area (Å²) in [6.45, 7) is 2.99. The average Bonchev–Trinajstić information content (AvgIpc) is 3.41. The minimum atomic E-state index is -1.01. The van der Waals surface area contributed by atoms with Crippen molar-refractivity contribution in [2.24, 2.45) is 0 Å². The molecule has 174 valence electrons. The molecule has 3 aromatic rings. The highest BCUT2D eigenvalue weighted by Crippen LogP contribution is 2.30. The number of thiazole rings is 1. The Labute approximate surface area is 203 Å². The standard InChI is InChI=1S/C21H21Cl2N5O4S/c1-11-16(22)17(23)18(26-11)19(29)27-13-5-7-28(21-25-8-15(33-21)20(30)31)9-14(13)32-10-12-4-2-3-6-24-12/h2-4,6,8,13-14,26H,5,7,9-10H2,1H3,(H,27,29)(H,30,31)/t13-,14-/m1/s1. The fourth-order valence-electron chi connectivity index (χ4n) is 3.58. The van der Waals surface area contributed by atoms with Gasteiger partial charge in [0.15, 0.2) is 5.13 Å². The van der Waals surface area contributed by atoms with Crippen molar-refractivity contribution in [2.75, 3.05) is 18.0 Å². The fraction of sp³-hybridized carbons (Fsp3) is 0.333. The molecule has 3 N–H and O–H groups in total. The van der Waals surface area contributed by atoms with Crippen LogP contribution < -0.4 is 10.2 Å². The van der Waals surface area contributed by atoms with E-state index in [9.17, 15) is 14.7 Å². The second-order valence-corrected chi connectivity index (χ2v) is 9.32. The smallest absolute Gasteiger partial charge is 0.347 e. The number of pyridine rings is 1. The maximum atomic E-state index is 12.9. The molecule has 0 spiro atoms. The van der Waals surface area contributed by atoms with Gasteiger partial charge in [-0.1, -0.05) is 40.6 Å². The Morgan fingerprint density at radius 2 is 2.15 bits per heavy atom. The maximum absolute atomic E-state index is 12.9. The zero-order valence-electron chi connectivity index (χ0n) is 17.5. The van der Waals surface area contributed by atoms with Crippen LogP contribution in [0.15, 0.2) is 30.6 Å². The van der Waals surface area contributed by atoms with E-state index in [2.05, 4.69) is 20.3 Å². The Morgan fingerprint density at radius 3 is 2.79 bits per heavy atom. The predicted octanol–water partition coefficient (Wildman–Crippen LogP) is 3.77. The summed E-state index contributed by atoms with van der Waals surface area (Å²) < 4.78 is 6.16. The summed E-state index contributed by atoms with van der Waals surface area (Å²) in [5.41, 5.74) is 1.58. The lowest BCUT2D eigenvalue weighted by Crippen LogP contribution is -2.55. The molecule has 1 fully saturated rings. The van der Waals surface area contributed by atoms with Gasteiger partial charge in [0, 0.05) is 25.0 Å². The van der Waals surface area contributed by atoms with Crippen LogP contribution in [0.2, 0.25) is 10.0 Å². The Bertz CT molecular complexity index is 1150. The number of aromatic nitrogens is 3. The first-order chi connectivity index (χ1) is 15.8. The molecule has 0 radical (unpaired) electrons. The second kappa shape index (κ2) is 10.1. The maximum Gasteiger partial charge on any atom is 0.347 e. The van der Waals surface area contributed by atoms with Crippen molar-refractivity contribution in [2.45, 2.75) is 32.1 Å². The van der Waals surface area contributed by atoms with Crippen molar-refractivity contribution in [3.05, 3.63) is 62.6 Å². The number of aromatic carboxylic acids is 1. The van der Waals surface area contributed by atoms with E-state index in [1.807, 2.05) is 23.1 Å². The molecule has 0 aromatic carbocycles. The number of anilines is 1. The third-order valence-electron chi connectivity index (χ3n) is 5.30. The van der Waals surface area contributed by atoms with Crippen LogP contribution in [0.4, 0.5) is 5.13 Å². The molecule has 0 saturated carbocycles. The number of carboxylic acid groups (broad SMARTS) is 1. The van der Waals surface area contributed by atoms with Crippen molar-refractivity contribution < 1.29 is 19.4 Å². The minimum Gasteiger partial charge on any atom is -0.477 e. The van der Waals surface area contributed by atoms with Crippen molar-refractivity contribution in [3.63, 3.8) is 0 Å². The topological polar surface area (TPSA) is 120 Å². The van der Waals surface area contributed by atoms with Gasteiger partial charge < -0.3 is 25.0 Å². The normalized spacial score (nSPS) is 18.3.